The van der Waals surface area contributed by atoms with Gasteiger partial charge in [0.1, 0.15) is 12.4 Å². The summed E-state index contributed by atoms with van der Waals surface area (Å²) < 4.78 is 24.2. The van der Waals surface area contributed by atoms with E-state index in [2.05, 4.69) is 5.32 Å². The van der Waals surface area contributed by atoms with Crippen molar-refractivity contribution in [3.63, 3.8) is 0 Å². The van der Waals surface area contributed by atoms with Crippen LogP contribution in [-0.2, 0) is 26.3 Å². The summed E-state index contributed by atoms with van der Waals surface area (Å²) in [4.78, 5) is 12.2. The molecule has 4 nitrogen and oxygen atoms in total. The minimum atomic E-state index is -0.255. The Hall–Kier alpha value is -2.24. The summed E-state index contributed by atoms with van der Waals surface area (Å²) in [5.41, 5.74) is 1.85. The number of hydrogen-bond acceptors (Lipinski definition) is 3. The molecular formula is C21H24FNO3. The van der Waals surface area contributed by atoms with Crippen LogP contribution in [-0.4, -0.2) is 32.3 Å². The van der Waals surface area contributed by atoms with Gasteiger partial charge in [-0.05, 0) is 36.1 Å². The Morgan fingerprint density at radius 3 is 2.46 bits per heavy atom. The molecule has 3 rings (SSSR count). The molecule has 0 atom stereocenters. The van der Waals surface area contributed by atoms with Crippen molar-refractivity contribution in [2.24, 2.45) is 0 Å². The zero-order chi connectivity index (χ0) is 18.2. The number of benzene rings is 2. The van der Waals surface area contributed by atoms with Crippen molar-refractivity contribution in [2.75, 3.05) is 26.4 Å². The monoisotopic (exact) mass is 357 g/mol. The van der Waals surface area contributed by atoms with Gasteiger partial charge < -0.3 is 14.8 Å². The molecule has 0 bridgehead atoms. The van der Waals surface area contributed by atoms with Gasteiger partial charge in [-0.3, -0.25) is 4.79 Å². The fourth-order valence-corrected chi connectivity index (χ4v) is 3.29. The lowest BCUT2D eigenvalue weighted by Gasteiger charge is -2.38. The van der Waals surface area contributed by atoms with Crippen LogP contribution in [0.5, 0.6) is 0 Å². The molecule has 0 aliphatic carbocycles. The molecule has 5 heteroatoms. The van der Waals surface area contributed by atoms with E-state index in [-0.39, 0.29) is 23.7 Å². The first-order valence-electron chi connectivity index (χ1n) is 8.90. The predicted octanol–water partition coefficient (Wildman–Crippen LogP) is 3.21. The highest BCUT2D eigenvalue weighted by Crippen LogP contribution is 2.34. The van der Waals surface area contributed by atoms with Crippen LogP contribution in [0.2, 0.25) is 0 Å². The summed E-state index contributed by atoms with van der Waals surface area (Å²) in [6.07, 6.45) is 1.59. The van der Waals surface area contributed by atoms with Crippen LogP contribution in [0.3, 0.4) is 0 Å². The quantitative estimate of drug-likeness (QED) is 0.828. The lowest BCUT2D eigenvalue weighted by atomic mass is 9.74. The molecule has 1 saturated heterocycles. The first-order chi connectivity index (χ1) is 12.7. The van der Waals surface area contributed by atoms with E-state index in [0.717, 1.165) is 24.0 Å². The predicted molar refractivity (Wildman–Crippen MR) is 97.2 cm³/mol. The van der Waals surface area contributed by atoms with Crippen molar-refractivity contribution in [2.45, 2.75) is 24.9 Å². The number of halogens is 1. The van der Waals surface area contributed by atoms with Crippen LogP contribution < -0.4 is 5.32 Å². The van der Waals surface area contributed by atoms with Gasteiger partial charge >= 0.3 is 0 Å². The second-order valence-electron chi connectivity index (χ2n) is 6.65. The van der Waals surface area contributed by atoms with Crippen molar-refractivity contribution >= 4 is 5.91 Å². The van der Waals surface area contributed by atoms with Crippen LogP contribution in [0.15, 0.2) is 54.6 Å². The highest BCUT2D eigenvalue weighted by atomic mass is 19.1. The number of ether oxygens (including phenoxy) is 2. The maximum atomic E-state index is 13.3. The molecule has 0 radical (unpaired) electrons. The smallest absolute Gasteiger partial charge is 0.246 e. The Bertz CT molecular complexity index is 697. The number of carbonyl (C=O) groups is 1. The zero-order valence-electron chi connectivity index (χ0n) is 14.7. The zero-order valence-corrected chi connectivity index (χ0v) is 14.7. The van der Waals surface area contributed by atoms with Crippen molar-refractivity contribution < 1.29 is 18.7 Å². The van der Waals surface area contributed by atoms with Crippen molar-refractivity contribution in [3.05, 3.63) is 71.5 Å². The van der Waals surface area contributed by atoms with Gasteiger partial charge in [0.25, 0.3) is 0 Å². The molecule has 1 aliphatic heterocycles. The van der Waals surface area contributed by atoms with E-state index in [9.17, 15) is 9.18 Å². The molecule has 0 saturated carbocycles. The Balaban J connectivity index is 1.54. The molecule has 1 aliphatic rings. The van der Waals surface area contributed by atoms with Gasteiger partial charge in [-0.15, -0.1) is 0 Å². The SMILES string of the molecule is O=C(COCc1ccccc1)NCC1(c2ccc(F)cc2)CCOCC1. The molecule has 1 fully saturated rings. The van der Waals surface area contributed by atoms with E-state index in [4.69, 9.17) is 9.47 Å². The first-order valence-corrected chi connectivity index (χ1v) is 8.90. The Morgan fingerprint density at radius 2 is 1.77 bits per heavy atom. The molecule has 26 heavy (non-hydrogen) atoms. The van der Waals surface area contributed by atoms with Crippen molar-refractivity contribution in [1.29, 1.82) is 0 Å². The Morgan fingerprint density at radius 1 is 1.08 bits per heavy atom. The topological polar surface area (TPSA) is 47.6 Å². The van der Waals surface area contributed by atoms with Crippen LogP contribution in [0, 0.1) is 5.82 Å². The van der Waals surface area contributed by atoms with E-state index in [1.807, 2.05) is 30.3 Å². The van der Waals surface area contributed by atoms with Crippen LogP contribution in [0.25, 0.3) is 0 Å². The van der Waals surface area contributed by atoms with E-state index >= 15 is 0 Å². The van der Waals surface area contributed by atoms with Gasteiger partial charge in [0.2, 0.25) is 5.91 Å². The summed E-state index contributed by atoms with van der Waals surface area (Å²) in [7, 11) is 0. The summed E-state index contributed by atoms with van der Waals surface area (Å²) in [6.45, 7) is 2.20. The highest BCUT2D eigenvalue weighted by Gasteiger charge is 2.34. The number of amides is 1. The molecule has 1 N–H and O–H groups in total. The summed E-state index contributed by atoms with van der Waals surface area (Å²) in [5.74, 6) is -0.400. The van der Waals surface area contributed by atoms with Gasteiger partial charge in [-0.2, -0.15) is 0 Å². The third-order valence-corrected chi connectivity index (χ3v) is 4.88. The average molecular weight is 357 g/mol. The van der Waals surface area contributed by atoms with Crippen molar-refractivity contribution in [3.8, 4) is 0 Å². The van der Waals surface area contributed by atoms with Gasteiger partial charge in [0.05, 0.1) is 6.61 Å². The van der Waals surface area contributed by atoms with Crippen molar-refractivity contribution in [1.82, 2.24) is 5.32 Å². The molecule has 1 amide bonds. The van der Waals surface area contributed by atoms with Gasteiger partial charge in [-0.25, -0.2) is 4.39 Å². The summed E-state index contributed by atoms with van der Waals surface area (Å²) in [5, 5.41) is 2.98. The maximum Gasteiger partial charge on any atom is 0.246 e. The molecular weight excluding hydrogens is 333 g/mol. The second-order valence-corrected chi connectivity index (χ2v) is 6.65. The molecule has 2 aromatic rings. The van der Waals surface area contributed by atoms with E-state index < -0.39 is 0 Å². The molecule has 138 valence electrons. The number of carbonyl (C=O) groups excluding carboxylic acids is 1. The van der Waals surface area contributed by atoms with E-state index in [1.54, 1.807) is 12.1 Å². The maximum absolute atomic E-state index is 13.3. The number of nitrogens with one attached hydrogen (secondary N) is 1. The average Bonchev–Trinajstić information content (AvgIpc) is 2.68. The normalized spacial score (nSPS) is 16.2. The third-order valence-electron chi connectivity index (χ3n) is 4.88. The first kappa shape index (κ1) is 18.5. The van der Waals surface area contributed by atoms with Crippen LogP contribution in [0.1, 0.15) is 24.0 Å². The Kier molecular flexibility index (Phi) is 6.36. The lowest BCUT2D eigenvalue weighted by Crippen LogP contribution is -2.45. The molecule has 0 unspecified atom stereocenters. The fraction of sp³-hybridized carbons (Fsp3) is 0.381. The summed E-state index contributed by atoms with van der Waals surface area (Å²) in [6, 6.07) is 16.3. The standard InChI is InChI=1S/C21H24FNO3/c22-19-8-6-18(7-9-19)21(10-12-25-13-11-21)16-23-20(24)15-26-14-17-4-2-1-3-5-17/h1-9H,10-16H2,(H,23,24). The minimum Gasteiger partial charge on any atom is -0.381 e. The molecule has 2 aromatic carbocycles. The number of rotatable bonds is 7. The van der Waals surface area contributed by atoms with Gasteiger partial charge in [0, 0.05) is 25.2 Å². The second kappa shape index (κ2) is 8.92. The molecule has 0 aromatic heterocycles. The van der Waals surface area contributed by atoms with Crippen LogP contribution in [0.4, 0.5) is 4.39 Å². The van der Waals surface area contributed by atoms with Gasteiger partial charge in [0.15, 0.2) is 0 Å². The van der Waals surface area contributed by atoms with E-state index in [1.165, 1.54) is 12.1 Å². The number of hydrogen-bond donors (Lipinski definition) is 1. The highest BCUT2D eigenvalue weighted by molar-refractivity contribution is 5.77. The molecule has 0 spiro atoms. The lowest BCUT2D eigenvalue weighted by molar-refractivity contribution is -0.126. The summed E-state index contributed by atoms with van der Waals surface area (Å²) >= 11 is 0. The molecule has 1 heterocycles. The Labute approximate surface area is 153 Å². The van der Waals surface area contributed by atoms with Gasteiger partial charge in [-0.1, -0.05) is 42.5 Å². The van der Waals surface area contributed by atoms with E-state index in [0.29, 0.717) is 26.4 Å². The van der Waals surface area contributed by atoms with Crippen LogP contribution >= 0.6 is 0 Å². The fourth-order valence-electron chi connectivity index (χ4n) is 3.29. The minimum absolute atomic E-state index is 0.0187. The third kappa shape index (κ3) is 4.90. The largest absolute Gasteiger partial charge is 0.381 e.